The standard InChI is InChI=1S/C16H30N2/c1-2-18(11-14-5-6-14)13-16(9-3-4-10-16)12-17-15-7-8-15/h14-15,17H,2-13H2,1H3. The predicted molar refractivity (Wildman–Crippen MR) is 76.8 cm³/mol. The summed E-state index contributed by atoms with van der Waals surface area (Å²) in [4.78, 5) is 2.75. The molecule has 0 spiro atoms. The lowest BCUT2D eigenvalue weighted by Crippen LogP contribution is -2.43. The van der Waals surface area contributed by atoms with Crippen molar-refractivity contribution in [3.63, 3.8) is 0 Å². The molecule has 0 aromatic heterocycles. The van der Waals surface area contributed by atoms with Crippen LogP contribution in [0, 0.1) is 11.3 Å². The van der Waals surface area contributed by atoms with Crippen molar-refractivity contribution in [3.8, 4) is 0 Å². The molecular formula is C16H30N2. The third-order valence-electron chi connectivity index (χ3n) is 5.23. The lowest BCUT2D eigenvalue weighted by atomic mass is 9.85. The van der Waals surface area contributed by atoms with Crippen molar-refractivity contribution >= 4 is 0 Å². The first-order chi connectivity index (χ1) is 8.80. The van der Waals surface area contributed by atoms with Gasteiger partial charge in [-0.15, -0.1) is 0 Å². The number of hydrogen-bond acceptors (Lipinski definition) is 2. The molecule has 0 saturated heterocycles. The number of hydrogen-bond donors (Lipinski definition) is 1. The maximum atomic E-state index is 3.81. The smallest absolute Gasteiger partial charge is 0.00684 e. The molecule has 0 heterocycles. The summed E-state index contributed by atoms with van der Waals surface area (Å²) in [7, 11) is 0. The predicted octanol–water partition coefficient (Wildman–Crippen LogP) is 3.03. The van der Waals surface area contributed by atoms with E-state index in [9.17, 15) is 0 Å². The molecule has 0 aromatic carbocycles. The first kappa shape index (κ1) is 12.9. The Bertz CT molecular complexity index is 262. The maximum Gasteiger partial charge on any atom is 0.00684 e. The fraction of sp³-hybridized carbons (Fsp3) is 1.00. The van der Waals surface area contributed by atoms with Crippen molar-refractivity contribution in [2.24, 2.45) is 11.3 Å². The van der Waals surface area contributed by atoms with Crippen LogP contribution in [0.25, 0.3) is 0 Å². The highest BCUT2D eigenvalue weighted by atomic mass is 15.1. The first-order valence-electron chi connectivity index (χ1n) is 8.25. The minimum absolute atomic E-state index is 0.619. The molecule has 0 aromatic rings. The Morgan fingerprint density at radius 3 is 2.39 bits per heavy atom. The summed E-state index contributed by atoms with van der Waals surface area (Å²) in [5.41, 5.74) is 0.619. The Kier molecular flexibility index (Phi) is 3.95. The highest BCUT2D eigenvalue weighted by molar-refractivity contribution is 4.93. The molecule has 3 saturated carbocycles. The molecule has 18 heavy (non-hydrogen) atoms. The van der Waals surface area contributed by atoms with Crippen molar-refractivity contribution < 1.29 is 0 Å². The van der Waals surface area contributed by atoms with E-state index in [0.29, 0.717) is 5.41 Å². The fourth-order valence-corrected chi connectivity index (χ4v) is 3.61. The van der Waals surface area contributed by atoms with E-state index in [-0.39, 0.29) is 0 Å². The Morgan fingerprint density at radius 1 is 1.11 bits per heavy atom. The molecule has 0 aliphatic heterocycles. The number of nitrogens with one attached hydrogen (secondary N) is 1. The van der Waals surface area contributed by atoms with E-state index in [2.05, 4.69) is 17.1 Å². The fourth-order valence-electron chi connectivity index (χ4n) is 3.61. The zero-order chi connectivity index (χ0) is 12.4. The van der Waals surface area contributed by atoms with Crippen LogP contribution in [-0.2, 0) is 0 Å². The lowest BCUT2D eigenvalue weighted by molar-refractivity contribution is 0.148. The third-order valence-corrected chi connectivity index (χ3v) is 5.23. The summed E-state index contributed by atoms with van der Waals surface area (Å²) >= 11 is 0. The van der Waals surface area contributed by atoms with Crippen molar-refractivity contribution in [2.45, 2.75) is 64.3 Å². The molecule has 0 amide bonds. The van der Waals surface area contributed by atoms with Crippen LogP contribution in [0.4, 0.5) is 0 Å². The third kappa shape index (κ3) is 3.48. The van der Waals surface area contributed by atoms with Crippen LogP contribution in [-0.4, -0.2) is 37.1 Å². The van der Waals surface area contributed by atoms with E-state index < -0.39 is 0 Å². The highest BCUT2D eigenvalue weighted by Crippen LogP contribution is 2.40. The van der Waals surface area contributed by atoms with Crippen LogP contribution in [0.2, 0.25) is 0 Å². The van der Waals surface area contributed by atoms with Gasteiger partial charge in [0.1, 0.15) is 0 Å². The summed E-state index contributed by atoms with van der Waals surface area (Å²) in [6.07, 6.45) is 11.7. The van der Waals surface area contributed by atoms with E-state index >= 15 is 0 Å². The Hall–Kier alpha value is -0.0800. The molecule has 0 atom stereocenters. The second-order valence-corrected chi connectivity index (χ2v) is 7.13. The number of nitrogens with zero attached hydrogens (tertiary/aromatic N) is 1. The van der Waals surface area contributed by atoms with Gasteiger partial charge in [0.25, 0.3) is 0 Å². The van der Waals surface area contributed by atoms with Crippen LogP contribution in [0.1, 0.15) is 58.3 Å². The van der Waals surface area contributed by atoms with Gasteiger partial charge in [0, 0.05) is 25.7 Å². The normalized spacial score (nSPS) is 27.0. The Balaban J connectivity index is 1.52. The van der Waals surface area contributed by atoms with Crippen molar-refractivity contribution in [3.05, 3.63) is 0 Å². The number of rotatable bonds is 8. The monoisotopic (exact) mass is 250 g/mol. The summed E-state index contributed by atoms with van der Waals surface area (Å²) in [6.45, 7) is 7.63. The van der Waals surface area contributed by atoms with Crippen molar-refractivity contribution in [1.29, 1.82) is 0 Å². The van der Waals surface area contributed by atoms with Gasteiger partial charge in [-0.1, -0.05) is 19.8 Å². The van der Waals surface area contributed by atoms with E-state index in [1.807, 2.05) is 0 Å². The SMILES string of the molecule is CCN(CC1CC1)CC1(CNC2CC2)CCCC1. The molecular weight excluding hydrogens is 220 g/mol. The second-order valence-electron chi connectivity index (χ2n) is 7.13. The molecule has 0 radical (unpaired) electrons. The topological polar surface area (TPSA) is 15.3 Å². The van der Waals surface area contributed by atoms with Gasteiger partial charge in [0.05, 0.1) is 0 Å². The van der Waals surface area contributed by atoms with E-state index in [0.717, 1.165) is 12.0 Å². The Morgan fingerprint density at radius 2 is 1.83 bits per heavy atom. The highest BCUT2D eigenvalue weighted by Gasteiger charge is 2.37. The molecule has 3 fully saturated rings. The minimum Gasteiger partial charge on any atom is -0.313 e. The summed E-state index contributed by atoms with van der Waals surface area (Å²) in [6, 6.07) is 0.876. The van der Waals surface area contributed by atoms with Gasteiger partial charge in [-0.3, -0.25) is 0 Å². The van der Waals surface area contributed by atoms with E-state index in [1.54, 1.807) is 0 Å². The second kappa shape index (κ2) is 5.50. The van der Waals surface area contributed by atoms with Crippen LogP contribution in [0.15, 0.2) is 0 Å². The van der Waals surface area contributed by atoms with Crippen LogP contribution >= 0.6 is 0 Å². The Labute approximate surface area is 113 Å². The molecule has 104 valence electrons. The van der Waals surface area contributed by atoms with Gasteiger partial charge in [-0.25, -0.2) is 0 Å². The van der Waals surface area contributed by atoms with E-state index in [1.165, 1.54) is 77.5 Å². The zero-order valence-electron chi connectivity index (χ0n) is 12.1. The molecule has 2 nitrogen and oxygen atoms in total. The van der Waals surface area contributed by atoms with Gasteiger partial charge in [0.15, 0.2) is 0 Å². The van der Waals surface area contributed by atoms with Gasteiger partial charge in [-0.2, -0.15) is 0 Å². The minimum atomic E-state index is 0.619. The first-order valence-corrected chi connectivity index (χ1v) is 8.25. The molecule has 3 aliphatic carbocycles. The van der Waals surface area contributed by atoms with Crippen molar-refractivity contribution in [2.75, 3.05) is 26.2 Å². The largest absolute Gasteiger partial charge is 0.313 e. The summed E-state index contributed by atoms with van der Waals surface area (Å²) < 4.78 is 0. The molecule has 0 unspecified atom stereocenters. The van der Waals surface area contributed by atoms with E-state index in [4.69, 9.17) is 0 Å². The molecule has 1 N–H and O–H groups in total. The van der Waals surface area contributed by atoms with Crippen LogP contribution in [0.3, 0.4) is 0 Å². The van der Waals surface area contributed by atoms with Crippen molar-refractivity contribution in [1.82, 2.24) is 10.2 Å². The molecule has 3 rings (SSSR count). The summed E-state index contributed by atoms with van der Waals surface area (Å²) in [5.74, 6) is 1.04. The van der Waals surface area contributed by atoms with Crippen LogP contribution < -0.4 is 5.32 Å². The van der Waals surface area contributed by atoms with Crippen LogP contribution in [0.5, 0.6) is 0 Å². The molecule has 3 aliphatic rings. The van der Waals surface area contributed by atoms with Gasteiger partial charge in [-0.05, 0) is 56.4 Å². The lowest BCUT2D eigenvalue weighted by Gasteiger charge is -2.35. The van der Waals surface area contributed by atoms with Gasteiger partial charge >= 0.3 is 0 Å². The molecule has 2 heteroatoms. The maximum absolute atomic E-state index is 3.81. The zero-order valence-corrected chi connectivity index (χ0v) is 12.1. The average molecular weight is 250 g/mol. The summed E-state index contributed by atoms with van der Waals surface area (Å²) in [5, 5.41) is 3.81. The molecule has 0 bridgehead atoms. The van der Waals surface area contributed by atoms with Gasteiger partial charge < -0.3 is 10.2 Å². The quantitative estimate of drug-likeness (QED) is 0.712. The average Bonchev–Trinajstić information content (AvgIpc) is 3.29. The van der Waals surface area contributed by atoms with Gasteiger partial charge in [0.2, 0.25) is 0 Å².